The number of hydrogen-bond donors (Lipinski definition) is 1. The van der Waals surface area contributed by atoms with Crippen molar-refractivity contribution in [3.05, 3.63) is 24.0 Å². The molecule has 0 unspecified atom stereocenters. The first-order valence-electron chi connectivity index (χ1n) is 6.33. The van der Waals surface area contributed by atoms with Gasteiger partial charge in [-0.05, 0) is 25.0 Å². The molecule has 1 fully saturated rings. The van der Waals surface area contributed by atoms with Gasteiger partial charge in [0.25, 0.3) is 0 Å². The SMILES string of the molecule is O=C(O)[C@H]1CCCN1S(=O)(=O)c1cccc(OC(F)(F)F)c1F. The number of benzene rings is 1. The first-order valence-corrected chi connectivity index (χ1v) is 7.77. The molecule has 1 saturated heterocycles. The summed E-state index contributed by atoms with van der Waals surface area (Å²) < 4.78 is 79.4. The highest BCUT2D eigenvalue weighted by molar-refractivity contribution is 7.89. The molecule has 1 heterocycles. The number of carboxylic acids is 1. The number of sulfonamides is 1. The van der Waals surface area contributed by atoms with Crippen LogP contribution < -0.4 is 4.74 Å². The monoisotopic (exact) mass is 357 g/mol. The second kappa shape index (κ2) is 5.96. The molecule has 0 aromatic heterocycles. The Balaban J connectivity index is 2.45. The highest BCUT2D eigenvalue weighted by atomic mass is 32.2. The van der Waals surface area contributed by atoms with Gasteiger partial charge < -0.3 is 9.84 Å². The Bertz CT molecular complexity index is 719. The fourth-order valence-electron chi connectivity index (χ4n) is 2.29. The second-order valence-corrected chi connectivity index (χ2v) is 6.59. The van der Waals surface area contributed by atoms with Gasteiger partial charge in [0.2, 0.25) is 10.0 Å². The largest absolute Gasteiger partial charge is 0.573 e. The summed E-state index contributed by atoms with van der Waals surface area (Å²) in [4.78, 5) is 9.99. The average Bonchev–Trinajstić information content (AvgIpc) is 2.89. The van der Waals surface area contributed by atoms with E-state index in [9.17, 15) is 30.8 Å². The van der Waals surface area contributed by atoms with E-state index in [0.29, 0.717) is 10.4 Å². The third-order valence-corrected chi connectivity index (χ3v) is 5.15. The molecular weight excluding hydrogens is 346 g/mol. The van der Waals surface area contributed by atoms with Gasteiger partial charge >= 0.3 is 12.3 Å². The number of ether oxygens (including phenoxy) is 1. The molecule has 1 aliphatic heterocycles. The highest BCUT2D eigenvalue weighted by Gasteiger charge is 2.41. The first-order chi connectivity index (χ1) is 10.5. The Labute approximate surface area is 128 Å². The zero-order chi connectivity index (χ0) is 17.4. The van der Waals surface area contributed by atoms with Crippen LogP contribution in [-0.2, 0) is 14.8 Å². The van der Waals surface area contributed by atoms with Crippen molar-refractivity contribution in [3.8, 4) is 5.75 Å². The Kier molecular flexibility index (Phi) is 4.53. The van der Waals surface area contributed by atoms with E-state index in [0.717, 1.165) is 12.1 Å². The van der Waals surface area contributed by atoms with Crippen LogP contribution in [0.2, 0.25) is 0 Å². The number of carbonyl (C=O) groups is 1. The number of hydrogen-bond acceptors (Lipinski definition) is 4. The van der Waals surface area contributed by atoms with Crippen LogP contribution in [0, 0.1) is 5.82 Å². The maximum atomic E-state index is 14.1. The van der Waals surface area contributed by atoms with Crippen LogP contribution in [0.15, 0.2) is 23.1 Å². The topological polar surface area (TPSA) is 83.9 Å². The molecule has 1 atom stereocenters. The molecule has 0 radical (unpaired) electrons. The predicted molar refractivity (Wildman–Crippen MR) is 67.6 cm³/mol. The lowest BCUT2D eigenvalue weighted by molar-refractivity contribution is -0.275. The molecule has 1 aromatic rings. The van der Waals surface area contributed by atoms with Gasteiger partial charge in [-0.2, -0.15) is 4.31 Å². The number of carboxylic acid groups (broad SMARTS) is 1. The van der Waals surface area contributed by atoms with Crippen molar-refractivity contribution >= 4 is 16.0 Å². The molecule has 0 amide bonds. The third kappa shape index (κ3) is 3.55. The predicted octanol–water partition coefficient (Wildman–Crippen LogP) is 1.96. The number of nitrogens with zero attached hydrogens (tertiary/aromatic N) is 1. The molecule has 0 bridgehead atoms. The fraction of sp³-hybridized carbons (Fsp3) is 0.417. The van der Waals surface area contributed by atoms with Crippen LogP contribution in [0.4, 0.5) is 17.6 Å². The van der Waals surface area contributed by atoms with E-state index < -0.39 is 44.9 Å². The summed E-state index contributed by atoms with van der Waals surface area (Å²) >= 11 is 0. The Morgan fingerprint density at radius 3 is 2.57 bits per heavy atom. The summed E-state index contributed by atoms with van der Waals surface area (Å²) in [6, 6.07) is 0.876. The second-order valence-electron chi connectivity index (χ2n) is 4.73. The smallest absolute Gasteiger partial charge is 0.480 e. The summed E-state index contributed by atoms with van der Waals surface area (Å²) in [7, 11) is -4.61. The van der Waals surface area contributed by atoms with Crippen LogP contribution in [-0.4, -0.2) is 42.7 Å². The van der Waals surface area contributed by atoms with Gasteiger partial charge in [-0.25, -0.2) is 12.8 Å². The van der Waals surface area contributed by atoms with Crippen molar-refractivity contribution in [1.29, 1.82) is 0 Å². The number of aliphatic carboxylic acids is 1. The van der Waals surface area contributed by atoms with Crippen molar-refractivity contribution in [2.24, 2.45) is 0 Å². The maximum absolute atomic E-state index is 14.1. The van der Waals surface area contributed by atoms with Crippen molar-refractivity contribution in [2.75, 3.05) is 6.54 Å². The van der Waals surface area contributed by atoms with Gasteiger partial charge in [-0.15, -0.1) is 13.2 Å². The van der Waals surface area contributed by atoms with Crippen LogP contribution in [0.3, 0.4) is 0 Å². The normalized spacial score (nSPS) is 19.7. The van der Waals surface area contributed by atoms with Crippen molar-refractivity contribution in [1.82, 2.24) is 4.31 Å². The van der Waals surface area contributed by atoms with Crippen molar-refractivity contribution in [2.45, 2.75) is 30.1 Å². The molecule has 23 heavy (non-hydrogen) atoms. The Hall–Kier alpha value is -1.88. The molecule has 2 rings (SSSR count). The summed E-state index contributed by atoms with van der Waals surface area (Å²) in [5, 5.41) is 9.00. The number of halogens is 4. The van der Waals surface area contributed by atoms with E-state index in [1.165, 1.54) is 0 Å². The zero-order valence-corrected chi connectivity index (χ0v) is 12.2. The lowest BCUT2D eigenvalue weighted by atomic mass is 10.2. The summed E-state index contributed by atoms with van der Waals surface area (Å²) in [6.45, 7) is -0.164. The molecule has 11 heteroatoms. The Morgan fingerprint density at radius 2 is 2.00 bits per heavy atom. The standard InChI is InChI=1S/C12H11F4NO5S/c13-10-8(22-12(14,15)16)4-1-5-9(10)23(20,21)17-6-2-3-7(17)11(18)19/h1,4-5,7H,2-3,6H2,(H,18,19)/t7-/m1/s1. The summed E-state index contributed by atoms with van der Waals surface area (Å²) in [5.41, 5.74) is 0. The van der Waals surface area contributed by atoms with Crippen LogP contribution in [0.1, 0.15) is 12.8 Å². The van der Waals surface area contributed by atoms with Gasteiger partial charge in [0.15, 0.2) is 11.6 Å². The Morgan fingerprint density at radius 1 is 1.35 bits per heavy atom. The molecule has 0 spiro atoms. The molecule has 0 saturated carbocycles. The lowest BCUT2D eigenvalue weighted by Gasteiger charge is -2.21. The summed E-state index contributed by atoms with van der Waals surface area (Å²) in [6.07, 6.45) is -4.91. The molecule has 1 aromatic carbocycles. The highest BCUT2D eigenvalue weighted by Crippen LogP contribution is 2.33. The van der Waals surface area contributed by atoms with E-state index >= 15 is 0 Å². The van der Waals surface area contributed by atoms with Gasteiger partial charge in [0.05, 0.1) is 0 Å². The molecule has 1 aliphatic rings. The van der Waals surface area contributed by atoms with E-state index in [-0.39, 0.29) is 19.4 Å². The lowest BCUT2D eigenvalue weighted by Crippen LogP contribution is -2.40. The van der Waals surface area contributed by atoms with Crippen molar-refractivity contribution < 1.29 is 40.6 Å². The minimum absolute atomic E-state index is 0.0366. The van der Waals surface area contributed by atoms with E-state index in [1.54, 1.807) is 0 Å². The van der Waals surface area contributed by atoms with Gasteiger partial charge in [0, 0.05) is 6.54 Å². The first kappa shape index (κ1) is 17.5. The number of alkyl halides is 3. The molecule has 1 N–H and O–H groups in total. The van der Waals surface area contributed by atoms with Crippen LogP contribution >= 0.6 is 0 Å². The van der Waals surface area contributed by atoms with Crippen LogP contribution in [0.5, 0.6) is 5.75 Å². The van der Waals surface area contributed by atoms with E-state index in [2.05, 4.69) is 4.74 Å². The molecule has 6 nitrogen and oxygen atoms in total. The van der Waals surface area contributed by atoms with Gasteiger partial charge in [0.1, 0.15) is 10.9 Å². The van der Waals surface area contributed by atoms with Gasteiger partial charge in [-0.1, -0.05) is 6.07 Å². The zero-order valence-electron chi connectivity index (χ0n) is 11.4. The van der Waals surface area contributed by atoms with Crippen molar-refractivity contribution in [3.63, 3.8) is 0 Å². The summed E-state index contributed by atoms with van der Waals surface area (Å²) in [5.74, 6) is -4.43. The third-order valence-electron chi connectivity index (χ3n) is 3.23. The minimum Gasteiger partial charge on any atom is -0.480 e. The van der Waals surface area contributed by atoms with Gasteiger partial charge in [-0.3, -0.25) is 4.79 Å². The quantitative estimate of drug-likeness (QED) is 0.833. The molecule has 128 valence electrons. The maximum Gasteiger partial charge on any atom is 0.573 e. The fourth-order valence-corrected chi connectivity index (χ4v) is 4.02. The minimum atomic E-state index is -5.19. The van der Waals surface area contributed by atoms with E-state index in [1.807, 2.05) is 0 Å². The van der Waals surface area contributed by atoms with E-state index in [4.69, 9.17) is 5.11 Å². The number of rotatable bonds is 4. The van der Waals surface area contributed by atoms with Crippen LogP contribution in [0.25, 0.3) is 0 Å². The average molecular weight is 357 g/mol. The molecular formula is C12H11F4NO5S. The molecule has 0 aliphatic carbocycles.